The van der Waals surface area contributed by atoms with Crippen molar-refractivity contribution in [1.29, 1.82) is 0 Å². The maximum atomic E-state index is 14.4. The average Bonchev–Trinajstić information content (AvgIpc) is 3.13. The predicted molar refractivity (Wildman–Crippen MR) is 102 cm³/mol. The smallest absolute Gasteiger partial charge is 0.271 e. The molecule has 1 aromatic carbocycles. The standard InChI is InChI=1S/C18H17Cl3FN3O/c19-11-4-3-5-13(22)16(11)14(25-8-1-2-9-25)10-23-18(26)17-12(20)6-7-15(21)24-17/h3-7,14H,1-2,8-10H2,(H,23,26). The van der Waals surface area contributed by atoms with Gasteiger partial charge in [0.05, 0.1) is 11.1 Å². The van der Waals surface area contributed by atoms with Crippen molar-refractivity contribution in [2.45, 2.75) is 18.9 Å². The molecule has 0 saturated carbocycles. The molecule has 1 unspecified atom stereocenters. The van der Waals surface area contributed by atoms with E-state index in [0.29, 0.717) is 10.6 Å². The molecule has 1 aliphatic rings. The van der Waals surface area contributed by atoms with Crippen LogP contribution >= 0.6 is 34.8 Å². The van der Waals surface area contributed by atoms with Crippen LogP contribution in [-0.2, 0) is 0 Å². The van der Waals surface area contributed by atoms with Gasteiger partial charge in [-0.15, -0.1) is 0 Å². The normalized spacial score (nSPS) is 15.8. The summed E-state index contributed by atoms with van der Waals surface area (Å²) in [6.45, 7) is 1.83. The molecule has 2 heterocycles. The third-order valence-corrected chi connectivity index (χ3v) is 5.24. The van der Waals surface area contributed by atoms with Gasteiger partial charge in [0.1, 0.15) is 16.7 Å². The molecule has 4 nitrogen and oxygen atoms in total. The number of rotatable bonds is 5. The van der Waals surface area contributed by atoms with Crippen LogP contribution in [0.1, 0.15) is 34.9 Å². The van der Waals surface area contributed by atoms with Gasteiger partial charge in [-0.3, -0.25) is 9.69 Å². The lowest BCUT2D eigenvalue weighted by Gasteiger charge is -2.29. The first kappa shape index (κ1) is 19.4. The Bertz CT molecular complexity index is 792. The molecular weight excluding hydrogens is 400 g/mol. The van der Waals surface area contributed by atoms with Crippen molar-refractivity contribution >= 4 is 40.7 Å². The molecule has 138 valence electrons. The topological polar surface area (TPSA) is 45.2 Å². The van der Waals surface area contributed by atoms with Crippen molar-refractivity contribution in [3.8, 4) is 0 Å². The molecule has 1 N–H and O–H groups in total. The van der Waals surface area contributed by atoms with E-state index >= 15 is 0 Å². The van der Waals surface area contributed by atoms with Crippen molar-refractivity contribution < 1.29 is 9.18 Å². The van der Waals surface area contributed by atoms with Gasteiger partial charge >= 0.3 is 0 Å². The third kappa shape index (κ3) is 4.29. The van der Waals surface area contributed by atoms with Gasteiger partial charge in [-0.1, -0.05) is 40.9 Å². The summed E-state index contributed by atoms with van der Waals surface area (Å²) in [5.74, 6) is -0.850. The first-order valence-corrected chi connectivity index (χ1v) is 9.39. The molecule has 1 saturated heterocycles. The number of hydrogen-bond acceptors (Lipinski definition) is 3. The minimum atomic E-state index is -0.464. The van der Waals surface area contributed by atoms with Crippen molar-refractivity contribution in [3.05, 3.63) is 62.6 Å². The van der Waals surface area contributed by atoms with Gasteiger partial charge in [0, 0.05) is 17.1 Å². The number of benzene rings is 1. The molecule has 0 spiro atoms. The van der Waals surface area contributed by atoms with E-state index in [4.69, 9.17) is 34.8 Å². The number of amides is 1. The summed E-state index contributed by atoms with van der Waals surface area (Å²) in [5.41, 5.74) is 0.431. The number of nitrogens with one attached hydrogen (secondary N) is 1. The largest absolute Gasteiger partial charge is 0.349 e. The highest BCUT2D eigenvalue weighted by molar-refractivity contribution is 6.34. The van der Waals surface area contributed by atoms with Crippen LogP contribution in [0.5, 0.6) is 0 Å². The van der Waals surface area contributed by atoms with Crippen LogP contribution in [-0.4, -0.2) is 35.4 Å². The molecule has 8 heteroatoms. The van der Waals surface area contributed by atoms with Crippen LogP contribution in [0, 0.1) is 5.82 Å². The Kier molecular flexibility index (Phi) is 6.35. The zero-order valence-electron chi connectivity index (χ0n) is 13.8. The van der Waals surface area contributed by atoms with E-state index in [9.17, 15) is 9.18 Å². The highest BCUT2D eigenvalue weighted by atomic mass is 35.5. The van der Waals surface area contributed by atoms with Crippen LogP contribution < -0.4 is 5.32 Å². The van der Waals surface area contributed by atoms with Gasteiger partial charge in [-0.2, -0.15) is 0 Å². The molecule has 1 atom stereocenters. The number of hydrogen-bond donors (Lipinski definition) is 1. The van der Waals surface area contributed by atoms with Crippen LogP contribution in [0.25, 0.3) is 0 Å². The van der Waals surface area contributed by atoms with E-state index in [1.807, 2.05) is 0 Å². The Morgan fingerprint density at radius 1 is 1.15 bits per heavy atom. The van der Waals surface area contributed by atoms with Crippen molar-refractivity contribution in [2.24, 2.45) is 0 Å². The Morgan fingerprint density at radius 2 is 1.88 bits per heavy atom. The number of aromatic nitrogens is 1. The van der Waals surface area contributed by atoms with E-state index < -0.39 is 5.91 Å². The van der Waals surface area contributed by atoms with Crippen LogP contribution in [0.15, 0.2) is 30.3 Å². The Hall–Kier alpha value is -1.40. The molecule has 0 bridgehead atoms. The maximum Gasteiger partial charge on any atom is 0.271 e. The van der Waals surface area contributed by atoms with Crippen LogP contribution in [0.2, 0.25) is 15.2 Å². The first-order valence-electron chi connectivity index (χ1n) is 8.25. The van der Waals surface area contributed by atoms with Gasteiger partial charge in [-0.05, 0) is 50.2 Å². The lowest BCUT2D eigenvalue weighted by Crippen LogP contribution is -2.37. The van der Waals surface area contributed by atoms with Crippen molar-refractivity contribution in [3.63, 3.8) is 0 Å². The zero-order valence-corrected chi connectivity index (χ0v) is 16.1. The summed E-state index contributed by atoms with van der Waals surface area (Å²) < 4.78 is 14.4. The Morgan fingerprint density at radius 3 is 2.58 bits per heavy atom. The average molecular weight is 417 g/mol. The number of nitrogens with zero attached hydrogens (tertiary/aromatic N) is 2. The van der Waals surface area contributed by atoms with Crippen LogP contribution in [0.3, 0.4) is 0 Å². The number of pyridine rings is 1. The van der Waals surface area contributed by atoms with Crippen molar-refractivity contribution in [2.75, 3.05) is 19.6 Å². The second-order valence-corrected chi connectivity index (χ2v) is 7.27. The first-order chi connectivity index (χ1) is 12.5. The summed E-state index contributed by atoms with van der Waals surface area (Å²) in [7, 11) is 0. The van der Waals surface area contributed by atoms with Crippen molar-refractivity contribution in [1.82, 2.24) is 15.2 Å². The fraction of sp³-hybridized carbons (Fsp3) is 0.333. The highest BCUT2D eigenvalue weighted by Gasteiger charge is 2.28. The minimum Gasteiger partial charge on any atom is -0.349 e. The number of likely N-dealkylation sites (tertiary alicyclic amines) is 1. The van der Waals surface area contributed by atoms with E-state index in [2.05, 4.69) is 15.2 Å². The number of halogens is 4. The van der Waals surface area contributed by atoms with Gasteiger partial charge in [0.25, 0.3) is 5.91 Å². The van der Waals surface area contributed by atoms with E-state index in [-0.39, 0.29) is 34.3 Å². The van der Waals surface area contributed by atoms with Gasteiger partial charge in [0.15, 0.2) is 0 Å². The summed E-state index contributed by atoms with van der Waals surface area (Å²) in [6.07, 6.45) is 2.05. The Balaban J connectivity index is 1.82. The minimum absolute atomic E-state index is 0.0407. The molecule has 1 fully saturated rings. The molecule has 3 rings (SSSR count). The number of carbonyl (C=O) groups is 1. The maximum absolute atomic E-state index is 14.4. The fourth-order valence-electron chi connectivity index (χ4n) is 3.15. The van der Waals surface area contributed by atoms with E-state index in [1.54, 1.807) is 12.1 Å². The lowest BCUT2D eigenvalue weighted by atomic mass is 10.0. The second kappa shape index (κ2) is 8.53. The molecular formula is C18H17Cl3FN3O. The summed E-state index contributed by atoms with van der Waals surface area (Å²) in [6, 6.07) is 7.25. The summed E-state index contributed by atoms with van der Waals surface area (Å²) >= 11 is 18.1. The quantitative estimate of drug-likeness (QED) is 0.716. The summed E-state index contributed by atoms with van der Waals surface area (Å²) in [5, 5.41) is 3.50. The molecule has 1 amide bonds. The third-order valence-electron chi connectivity index (χ3n) is 4.40. The molecule has 26 heavy (non-hydrogen) atoms. The van der Waals surface area contributed by atoms with Gasteiger partial charge in [-0.25, -0.2) is 9.37 Å². The SMILES string of the molecule is O=C(NCC(c1c(F)cccc1Cl)N1CCCC1)c1nc(Cl)ccc1Cl. The summed E-state index contributed by atoms with van der Waals surface area (Å²) in [4.78, 5) is 18.6. The van der Waals surface area contributed by atoms with E-state index in [1.165, 1.54) is 18.2 Å². The lowest BCUT2D eigenvalue weighted by molar-refractivity contribution is 0.0932. The highest BCUT2D eigenvalue weighted by Crippen LogP contribution is 2.32. The van der Waals surface area contributed by atoms with Gasteiger partial charge < -0.3 is 5.32 Å². The molecule has 1 aromatic heterocycles. The van der Waals surface area contributed by atoms with Gasteiger partial charge in [0.2, 0.25) is 0 Å². The molecule has 2 aromatic rings. The van der Waals surface area contributed by atoms with E-state index in [0.717, 1.165) is 25.9 Å². The molecule has 0 aliphatic carbocycles. The van der Waals surface area contributed by atoms with Crippen LogP contribution in [0.4, 0.5) is 4.39 Å². The zero-order chi connectivity index (χ0) is 18.7. The number of carbonyl (C=O) groups excluding carboxylic acids is 1. The monoisotopic (exact) mass is 415 g/mol. The second-order valence-electron chi connectivity index (χ2n) is 6.07. The molecule has 1 aliphatic heterocycles. The Labute approximate surface area is 166 Å². The fourth-order valence-corrected chi connectivity index (χ4v) is 3.77. The molecule has 0 radical (unpaired) electrons. The predicted octanol–water partition coefficient (Wildman–Crippen LogP) is 4.75.